The summed E-state index contributed by atoms with van der Waals surface area (Å²) in [5.74, 6) is 0.404. The normalized spacial score (nSPS) is 11.3. The third-order valence-electron chi connectivity index (χ3n) is 6.45. The summed E-state index contributed by atoms with van der Waals surface area (Å²) in [5, 5.41) is 9.52. The Balaban J connectivity index is 1.36. The van der Waals surface area contributed by atoms with E-state index >= 15 is 0 Å². The fourth-order valence-corrected chi connectivity index (χ4v) is 4.67. The van der Waals surface area contributed by atoms with Crippen LogP contribution in [0.2, 0.25) is 0 Å². The van der Waals surface area contributed by atoms with Crippen molar-refractivity contribution in [3.8, 4) is 0 Å². The summed E-state index contributed by atoms with van der Waals surface area (Å²) in [7, 11) is 0. The van der Waals surface area contributed by atoms with E-state index < -0.39 is 0 Å². The smallest absolute Gasteiger partial charge is 0.255 e. The zero-order chi connectivity index (χ0) is 25.5. The van der Waals surface area contributed by atoms with Crippen molar-refractivity contribution in [2.24, 2.45) is 0 Å². The number of furan rings is 1. The van der Waals surface area contributed by atoms with Crippen LogP contribution in [0.25, 0.3) is 27.5 Å². The lowest BCUT2D eigenvalue weighted by Crippen LogP contribution is -2.16. The fourth-order valence-electron chi connectivity index (χ4n) is 4.67. The van der Waals surface area contributed by atoms with Crippen molar-refractivity contribution < 1.29 is 9.21 Å². The molecule has 0 saturated heterocycles. The first-order valence-corrected chi connectivity index (χ1v) is 12.1. The van der Waals surface area contributed by atoms with Crippen LogP contribution in [0.5, 0.6) is 0 Å². The molecule has 0 aliphatic heterocycles. The summed E-state index contributed by atoms with van der Waals surface area (Å²) in [6.07, 6.45) is 6.70. The molecule has 0 saturated carbocycles. The molecule has 0 fully saturated rings. The van der Waals surface area contributed by atoms with Gasteiger partial charge in [0.15, 0.2) is 5.58 Å². The molecular weight excluding hydrogens is 476 g/mol. The van der Waals surface area contributed by atoms with E-state index in [1.165, 1.54) is 0 Å². The van der Waals surface area contributed by atoms with Crippen LogP contribution in [0.4, 0.5) is 23.0 Å². The lowest BCUT2D eigenvalue weighted by Gasteiger charge is -2.24. The van der Waals surface area contributed by atoms with Crippen LogP contribution in [-0.4, -0.2) is 25.5 Å². The molecule has 3 aromatic carbocycles. The van der Waals surface area contributed by atoms with E-state index in [1.54, 1.807) is 41.4 Å². The fraction of sp³-hybridized carbons (Fsp3) is 0. The van der Waals surface area contributed by atoms with Crippen LogP contribution in [0.1, 0.15) is 10.4 Å². The van der Waals surface area contributed by atoms with Gasteiger partial charge in [-0.2, -0.15) is 9.61 Å². The van der Waals surface area contributed by atoms with E-state index in [4.69, 9.17) is 9.40 Å². The quantitative estimate of drug-likeness (QED) is 0.284. The lowest BCUT2D eigenvalue weighted by molar-refractivity contribution is 0.102. The highest BCUT2D eigenvalue weighted by atomic mass is 16.3. The maximum atomic E-state index is 12.6. The van der Waals surface area contributed by atoms with Gasteiger partial charge in [0.25, 0.3) is 5.91 Å². The number of nitrogens with one attached hydrogen (secondary N) is 1. The van der Waals surface area contributed by atoms with E-state index in [0.717, 1.165) is 38.8 Å². The molecule has 0 unspecified atom stereocenters. The third kappa shape index (κ3) is 3.63. The first-order chi connectivity index (χ1) is 18.8. The number of hydrogen-bond donors (Lipinski definition) is 1. The number of fused-ring (bicyclic) bond motifs is 4. The van der Waals surface area contributed by atoms with Crippen molar-refractivity contribution in [1.29, 1.82) is 0 Å². The number of carbonyl (C=O) groups is 1. The van der Waals surface area contributed by atoms with Crippen LogP contribution < -0.4 is 10.2 Å². The molecule has 8 heteroatoms. The van der Waals surface area contributed by atoms with Gasteiger partial charge in [0, 0.05) is 46.3 Å². The summed E-state index contributed by atoms with van der Waals surface area (Å²) in [6.45, 7) is 0. The van der Waals surface area contributed by atoms with Crippen LogP contribution >= 0.6 is 0 Å². The topological polar surface area (TPSA) is 88.6 Å². The molecule has 0 spiro atoms. The second kappa shape index (κ2) is 8.86. The molecule has 4 aromatic heterocycles. The molecule has 0 aliphatic carbocycles. The van der Waals surface area contributed by atoms with Crippen molar-refractivity contribution in [1.82, 2.24) is 19.6 Å². The Morgan fingerprint density at radius 3 is 2.45 bits per heavy atom. The summed E-state index contributed by atoms with van der Waals surface area (Å²) in [5.41, 5.74) is 5.33. The van der Waals surface area contributed by atoms with E-state index in [0.29, 0.717) is 17.2 Å². The van der Waals surface area contributed by atoms with Gasteiger partial charge in [-0.15, -0.1) is 0 Å². The minimum atomic E-state index is -0.202. The molecule has 38 heavy (non-hydrogen) atoms. The van der Waals surface area contributed by atoms with Gasteiger partial charge in [-0.25, -0.2) is 4.98 Å². The Hall–Kier alpha value is -5.50. The SMILES string of the molecule is O=C(Nc1ccc(N(c2cccc3c2oc2ccccc23)c2nccc3ccnn23)cc1)c1ccncc1. The number of rotatable bonds is 5. The zero-order valence-corrected chi connectivity index (χ0v) is 20.0. The van der Waals surface area contributed by atoms with Gasteiger partial charge in [-0.3, -0.25) is 14.7 Å². The molecule has 8 nitrogen and oxygen atoms in total. The molecule has 4 heterocycles. The highest BCUT2D eigenvalue weighted by Gasteiger charge is 2.22. The standard InChI is InChI=1S/C30H20N6O2/c37-29(20-12-16-31-17-13-20)34-21-8-10-22(11-9-21)35(30-32-18-14-23-15-19-33-36(23)30)26-6-3-5-25-24-4-1-2-7-27(24)38-28(25)26/h1-19H,(H,34,37). The molecule has 7 rings (SSSR count). The molecule has 0 bridgehead atoms. The van der Waals surface area contributed by atoms with Gasteiger partial charge in [-0.1, -0.05) is 30.3 Å². The predicted octanol–water partition coefficient (Wildman–Crippen LogP) is 6.75. The Bertz CT molecular complexity index is 1930. The summed E-state index contributed by atoms with van der Waals surface area (Å²) >= 11 is 0. The predicted molar refractivity (Wildman–Crippen MR) is 147 cm³/mol. The number of aromatic nitrogens is 4. The van der Waals surface area contributed by atoms with Gasteiger partial charge in [-0.05, 0) is 60.7 Å². The highest BCUT2D eigenvalue weighted by Crippen LogP contribution is 2.41. The van der Waals surface area contributed by atoms with Crippen LogP contribution in [-0.2, 0) is 0 Å². The minimum Gasteiger partial charge on any atom is -0.454 e. The van der Waals surface area contributed by atoms with Gasteiger partial charge in [0.1, 0.15) is 5.58 Å². The molecule has 182 valence electrons. The zero-order valence-electron chi connectivity index (χ0n) is 20.0. The molecule has 7 aromatic rings. The van der Waals surface area contributed by atoms with E-state index in [2.05, 4.69) is 27.5 Å². The number of para-hydroxylation sites is 2. The Morgan fingerprint density at radius 1 is 0.789 bits per heavy atom. The average molecular weight is 497 g/mol. The minimum absolute atomic E-state index is 0.202. The molecule has 0 atom stereocenters. The molecular formula is C30H20N6O2. The molecule has 0 radical (unpaired) electrons. The van der Waals surface area contributed by atoms with Crippen LogP contribution in [0, 0.1) is 0 Å². The maximum absolute atomic E-state index is 12.6. The number of pyridine rings is 1. The lowest BCUT2D eigenvalue weighted by atomic mass is 10.1. The molecule has 1 amide bonds. The highest BCUT2D eigenvalue weighted by molar-refractivity contribution is 6.10. The van der Waals surface area contributed by atoms with Crippen LogP contribution in [0.3, 0.4) is 0 Å². The van der Waals surface area contributed by atoms with Crippen LogP contribution in [0.15, 0.2) is 120 Å². The van der Waals surface area contributed by atoms with Gasteiger partial charge in [0.05, 0.1) is 17.4 Å². The van der Waals surface area contributed by atoms with Crippen molar-refractivity contribution in [3.63, 3.8) is 0 Å². The van der Waals surface area contributed by atoms with Crippen molar-refractivity contribution in [2.45, 2.75) is 0 Å². The molecule has 0 aliphatic rings. The van der Waals surface area contributed by atoms with Gasteiger partial charge >= 0.3 is 0 Å². The summed E-state index contributed by atoms with van der Waals surface area (Å²) < 4.78 is 8.16. The summed E-state index contributed by atoms with van der Waals surface area (Å²) in [6, 6.07) is 28.9. The number of anilines is 4. The third-order valence-corrected chi connectivity index (χ3v) is 6.45. The first-order valence-electron chi connectivity index (χ1n) is 12.1. The van der Waals surface area contributed by atoms with Crippen molar-refractivity contribution in [3.05, 3.63) is 121 Å². The monoisotopic (exact) mass is 496 g/mol. The number of nitrogens with zero attached hydrogens (tertiary/aromatic N) is 5. The Morgan fingerprint density at radius 2 is 1.58 bits per heavy atom. The largest absolute Gasteiger partial charge is 0.454 e. The average Bonchev–Trinajstić information content (AvgIpc) is 3.60. The van der Waals surface area contributed by atoms with Crippen molar-refractivity contribution >= 4 is 56.4 Å². The van der Waals surface area contributed by atoms with E-state index in [-0.39, 0.29) is 5.91 Å². The van der Waals surface area contributed by atoms with E-state index in [9.17, 15) is 4.79 Å². The van der Waals surface area contributed by atoms with Gasteiger partial charge < -0.3 is 9.73 Å². The maximum Gasteiger partial charge on any atom is 0.255 e. The number of amides is 1. The second-order valence-corrected chi connectivity index (χ2v) is 8.74. The van der Waals surface area contributed by atoms with E-state index in [1.807, 2.05) is 71.6 Å². The summed E-state index contributed by atoms with van der Waals surface area (Å²) in [4.78, 5) is 23.3. The Kier molecular flexibility index (Phi) is 5.07. The number of carbonyl (C=O) groups excluding carboxylic acids is 1. The second-order valence-electron chi connectivity index (χ2n) is 8.74. The molecule has 1 N–H and O–H groups in total. The van der Waals surface area contributed by atoms with Crippen molar-refractivity contribution in [2.75, 3.05) is 10.2 Å². The number of benzene rings is 3. The van der Waals surface area contributed by atoms with Gasteiger partial charge in [0.2, 0.25) is 5.95 Å². The number of hydrogen-bond acceptors (Lipinski definition) is 6. The Labute approximate surface area is 216 Å². The first kappa shape index (κ1) is 21.8.